The molecule has 0 heterocycles. The molecule has 3 heteroatoms. The van der Waals surface area contributed by atoms with Crippen molar-refractivity contribution in [2.75, 3.05) is 6.61 Å². The van der Waals surface area contributed by atoms with E-state index in [1.165, 1.54) is 0 Å². The first-order chi connectivity index (χ1) is 4.16. The van der Waals surface area contributed by atoms with Gasteiger partial charge in [0.15, 0.2) is 0 Å². The highest BCUT2D eigenvalue weighted by Gasteiger charge is 2.00. The predicted molar refractivity (Wildman–Crippen MR) is 36.6 cm³/mol. The molecule has 0 aromatic carbocycles. The molecular formula is C6H11ClO2. The largest absolute Gasteiger partial charge is 0.464 e. The molecule has 2 nitrogen and oxygen atoms in total. The minimum atomic E-state index is -0.192. The molecular weight excluding hydrogens is 140 g/mol. The molecule has 1 atom stereocenters. The Morgan fingerprint density at radius 1 is 1.78 bits per heavy atom. The summed E-state index contributed by atoms with van der Waals surface area (Å²) in [5.41, 5.74) is 0. The summed E-state index contributed by atoms with van der Waals surface area (Å²) in [5.74, 6) is -0.192. The second kappa shape index (κ2) is 4.62. The van der Waals surface area contributed by atoms with Crippen LogP contribution in [0.5, 0.6) is 0 Å². The summed E-state index contributed by atoms with van der Waals surface area (Å²) < 4.78 is 4.68. The number of carbonyl (C=O) groups excluding carboxylic acids is 1. The van der Waals surface area contributed by atoms with Gasteiger partial charge in [0.05, 0.1) is 5.38 Å². The first-order valence-corrected chi connectivity index (χ1v) is 3.40. The van der Waals surface area contributed by atoms with E-state index in [4.69, 9.17) is 11.6 Å². The van der Waals surface area contributed by atoms with Crippen LogP contribution in [-0.2, 0) is 9.53 Å². The molecule has 0 amide bonds. The van der Waals surface area contributed by atoms with E-state index in [-0.39, 0.29) is 11.3 Å². The highest BCUT2D eigenvalue weighted by atomic mass is 35.5. The monoisotopic (exact) mass is 150 g/mol. The van der Waals surface area contributed by atoms with Crippen molar-refractivity contribution in [1.29, 1.82) is 0 Å². The lowest BCUT2D eigenvalue weighted by Crippen LogP contribution is -2.09. The Morgan fingerprint density at radius 2 is 2.33 bits per heavy atom. The Bertz CT molecular complexity index is 91.1. The SMILES string of the molecule is CCC(=O)OCC(C)Cl. The molecule has 0 aromatic rings. The maximum Gasteiger partial charge on any atom is 0.305 e. The molecule has 0 bridgehead atoms. The second-order valence-electron chi connectivity index (χ2n) is 1.82. The molecule has 0 saturated heterocycles. The summed E-state index contributed by atoms with van der Waals surface area (Å²) in [6.45, 7) is 3.85. The smallest absolute Gasteiger partial charge is 0.305 e. The van der Waals surface area contributed by atoms with Crippen LogP contribution in [0.4, 0.5) is 0 Å². The second-order valence-corrected chi connectivity index (χ2v) is 2.56. The molecule has 0 saturated carbocycles. The van der Waals surface area contributed by atoms with Crippen LogP contribution in [0.15, 0.2) is 0 Å². The molecule has 0 aliphatic carbocycles. The fourth-order valence-electron chi connectivity index (χ4n) is 0.310. The normalized spacial score (nSPS) is 12.8. The van der Waals surface area contributed by atoms with Crippen molar-refractivity contribution >= 4 is 17.6 Å². The van der Waals surface area contributed by atoms with Crippen LogP contribution in [-0.4, -0.2) is 18.0 Å². The van der Waals surface area contributed by atoms with E-state index in [1.54, 1.807) is 13.8 Å². The summed E-state index contributed by atoms with van der Waals surface area (Å²) >= 11 is 5.50. The van der Waals surface area contributed by atoms with Crippen LogP contribution in [0, 0.1) is 0 Å². The lowest BCUT2D eigenvalue weighted by molar-refractivity contribution is -0.143. The molecule has 0 spiro atoms. The fourth-order valence-corrected chi connectivity index (χ4v) is 0.373. The number of hydrogen-bond donors (Lipinski definition) is 0. The van der Waals surface area contributed by atoms with Crippen LogP contribution in [0.3, 0.4) is 0 Å². The van der Waals surface area contributed by atoms with Gasteiger partial charge >= 0.3 is 5.97 Å². The van der Waals surface area contributed by atoms with E-state index >= 15 is 0 Å². The van der Waals surface area contributed by atoms with E-state index in [9.17, 15) is 4.79 Å². The van der Waals surface area contributed by atoms with Crippen molar-refractivity contribution in [3.8, 4) is 0 Å². The molecule has 0 aromatic heterocycles. The van der Waals surface area contributed by atoms with Crippen LogP contribution in [0.2, 0.25) is 0 Å². The average Bonchev–Trinajstić information content (AvgIpc) is 1.83. The van der Waals surface area contributed by atoms with Gasteiger partial charge in [-0.15, -0.1) is 11.6 Å². The summed E-state index contributed by atoms with van der Waals surface area (Å²) in [7, 11) is 0. The number of rotatable bonds is 3. The first kappa shape index (κ1) is 8.76. The van der Waals surface area contributed by atoms with Crippen molar-refractivity contribution in [2.24, 2.45) is 0 Å². The van der Waals surface area contributed by atoms with Gasteiger partial charge in [0, 0.05) is 6.42 Å². The lowest BCUT2D eigenvalue weighted by Gasteiger charge is -2.02. The quantitative estimate of drug-likeness (QED) is 0.451. The molecule has 0 rings (SSSR count). The topological polar surface area (TPSA) is 26.3 Å². The van der Waals surface area contributed by atoms with Gasteiger partial charge < -0.3 is 4.74 Å². The van der Waals surface area contributed by atoms with Crippen molar-refractivity contribution in [1.82, 2.24) is 0 Å². The molecule has 0 fully saturated rings. The molecule has 0 N–H and O–H groups in total. The molecule has 54 valence electrons. The molecule has 9 heavy (non-hydrogen) atoms. The third kappa shape index (κ3) is 5.63. The van der Waals surface area contributed by atoms with Crippen molar-refractivity contribution in [3.63, 3.8) is 0 Å². The number of ether oxygens (including phenoxy) is 1. The minimum Gasteiger partial charge on any atom is -0.464 e. The van der Waals surface area contributed by atoms with E-state index in [0.29, 0.717) is 13.0 Å². The molecule has 0 aliphatic rings. The van der Waals surface area contributed by atoms with Crippen molar-refractivity contribution in [3.05, 3.63) is 0 Å². The zero-order valence-corrected chi connectivity index (χ0v) is 6.44. The number of esters is 1. The Balaban J connectivity index is 3.17. The summed E-state index contributed by atoms with van der Waals surface area (Å²) in [6, 6.07) is 0. The summed E-state index contributed by atoms with van der Waals surface area (Å²) in [5, 5.41) is -0.0829. The molecule has 1 unspecified atom stereocenters. The Hall–Kier alpha value is -0.240. The molecule has 0 aliphatic heterocycles. The van der Waals surface area contributed by atoms with Gasteiger partial charge in [-0.2, -0.15) is 0 Å². The van der Waals surface area contributed by atoms with Gasteiger partial charge in [-0.3, -0.25) is 4.79 Å². The van der Waals surface area contributed by atoms with Gasteiger partial charge in [-0.05, 0) is 6.92 Å². The van der Waals surface area contributed by atoms with E-state index in [0.717, 1.165) is 0 Å². The minimum absolute atomic E-state index is 0.0829. The summed E-state index contributed by atoms with van der Waals surface area (Å²) in [4.78, 5) is 10.4. The maximum absolute atomic E-state index is 10.4. The number of halogens is 1. The number of carbonyl (C=O) groups is 1. The zero-order valence-electron chi connectivity index (χ0n) is 5.69. The maximum atomic E-state index is 10.4. The third-order valence-electron chi connectivity index (χ3n) is 0.763. The first-order valence-electron chi connectivity index (χ1n) is 2.96. The fraction of sp³-hybridized carbons (Fsp3) is 0.833. The van der Waals surface area contributed by atoms with Gasteiger partial charge in [-0.1, -0.05) is 6.92 Å². The Labute approximate surface area is 60.1 Å². The average molecular weight is 151 g/mol. The zero-order chi connectivity index (χ0) is 7.28. The van der Waals surface area contributed by atoms with E-state index in [2.05, 4.69) is 4.74 Å². The van der Waals surface area contributed by atoms with Crippen LogP contribution in [0.1, 0.15) is 20.3 Å². The highest BCUT2D eigenvalue weighted by Crippen LogP contribution is 1.94. The van der Waals surface area contributed by atoms with Gasteiger partial charge in [0.1, 0.15) is 6.61 Å². The number of alkyl halides is 1. The Morgan fingerprint density at radius 3 is 2.67 bits per heavy atom. The van der Waals surface area contributed by atoms with Gasteiger partial charge in [-0.25, -0.2) is 0 Å². The highest BCUT2D eigenvalue weighted by molar-refractivity contribution is 6.20. The van der Waals surface area contributed by atoms with E-state index < -0.39 is 0 Å². The van der Waals surface area contributed by atoms with Crippen LogP contribution < -0.4 is 0 Å². The van der Waals surface area contributed by atoms with Gasteiger partial charge in [0.2, 0.25) is 0 Å². The molecule has 0 radical (unpaired) electrons. The number of hydrogen-bond acceptors (Lipinski definition) is 2. The van der Waals surface area contributed by atoms with Gasteiger partial charge in [0.25, 0.3) is 0 Å². The standard InChI is InChI=1S/C6H11ClO2/c1-3-6(8)9-4-5(2)7/h5H,3-4H2,1-2H3. The van der Waals surface area contributed by atoms with Crippen LogP contribution >= 0.6 is 11.6 Å². The lowest BCUT2D eigenvalue weighted by atomic mass is 10.5. The third-order valence-corrected chi connectivity index (χ3v) is 0.889. The van der Waals surface area contributed by atoms with Crippen molar-refractivity contribution < 1.29 is 9.53 Å². The Kier molecular flexibility index (Phi) is 4.50. The summed E-state index contributed by atoms with van der Waals surface area (Å²) in [6.07, 6.45) is 0.420. The van der Waals surface area contributed by atoms with E-state index in [1.807, 2.05) is 0 Å². The predicted octanol–water partition coefficient (Wildman–Crippen LogP) is 1.57. The van der Waals surface area contributed by atoms with Crippen LogP contribution in [0.25, 0.3) is 0 Å². The van der Waals surface area contributed by atoms with Crippen molar-refractivity contribution in [2.45, 2.75) is 25.6 Å².